The number of halogens is 2. The van der Waals surface area contributed by atoms with E-state index in [4.69, 9.17) is 20.9 Å². The summed E-state index contributed by atoms with van der Waals surface area (Å²) in [6.07, 6.45) is 4.51. The lowest BCUT2D eigenvalue weighted by Crippen LogP contribution is -2.21. The Morgan fingerprint density at radius 1 is 1.37 bits per heavy atom. The van der Waals surface area contributed by atoms with Gasteiger partial charge in [-0.2, -0.15) is 5.10 Å². The molecular weight excluding hydrogens is 409 g/mol. The van der Waals surface area contributed by atoms with Crippen LogP contribution >= 0.6 is 11.6 Å². The van der Waals surface area contributed by atoms with E-state index in [-0.39, 0.29) is 23.3 Å². The maximum Gasteiger partial charge on any atom is 0.176 e. The zero-order chi connectivity index (χ0) is 21.5. The molecule has 0 amide bonds. The molecule has 1 aliphatic carbocycles. The Kier molecular flexibility index (Phi) is 5.70. The molecule has 1 saturated carbocycles. The fourth-order valence-corrected chi connectivity index (χ4v) is 3.54. The van der Waals surface area contributed by atoms with Gasteiger partial charge in [-0.15, -0.1) is 0 Å². The number of ether oxygens (including phenoxy) is 1. The third-order valence-electron chi connectivity index (χ3n) is 5.26. The second-order valence-corrected chi connectivity index (χ2v) is 8.78. The predicted molar refractivity (Wildman–Crippen MR) is 112 cm³/mol. The van der Waals surface area contributed by atoms with Gasteiger partial charge < -0.3 is 14.4 Å². The molecule has 1 fully saturated rings. The molecule has 1 N–H and O–H groups in total. The van der Waals surface area contributed by atoms with Crippen molar-refractivity contribution < 1.29 is 18.8 Å². The van der Waals surface area contributed by atoms with Crippen LogP contribution in [0.1, 0.15) is 44.4 Å². The summed E-state index contributed by atoms with van der Waals surface area (Å²) in [6, 6.07) is 4.53. The van der Waals surface area contributed by atoms with Crippen LogP contribution in [0.5, 0.6) is 0 Å². The summed E-state index contributed by atoms with van der Waals surface area (Å²) in [5, 5.41) is 18.9. The van der Waals surface area contributed by atoms with Crippen molar-refractivity contribution in [3.05, 3.63) is 46.5 Å². The highest BCUT2D eigenvalue weighted by Gasteiger charge is 2.29. The largest absolute Gasteiger partial charge is 0.390 e. The molecule has 1 aromatic carbocycles. The summed E-state index contributed by atoms with van der Waals surface area (Å²) < 4.78 is 28.0. The Morgan fingerprint density at radius 2 is 2.13 bits per heavy atom. The molecule has 8 heteroatoms. The van der Waals surface area contributed by atoms with E-state index in [1.807, 2.05) is 11.6 Å². The highest BCUT2D eigenvalue weighted by molar-refractivity contribution is 6.33. The van der Waals surface area contributed by atoms with Gasteiger partial charge in [-0.05, 0) is 52.2 Å². The maximum absolute atomic E-state index is 14.6. The van der Waals surface area contributed by atoms with E-state index in [1.165, 1.54) is 6.07 Å². The fourth-order valence-electron chi connectivity index (χ4n) is 3.29. The number of benzene rings is 1. The minimum Gasteiger partial charge on any atom is -0.390 e. The average Bonchev–Trinajstić information content (AvgIpc) is 3.31. The van der Waals surface area contributed by atoms with Crippen LogP contribution in [0.15, 0.2) is 28.9 Å². The molecule has 30 heavy (non-hydrogen) atoms. The first-order valence-corrected chi connectivity index (χ1v) is 10.4. The van der Waals surface area contributed by atoms with Crippen LogP contribution in [0.4, 0.5) is 4.39 Å². The Balaban J connectivity index is 1.73. The molecule has 4 rings (SSSR count). The van der Waals surface area contributed by atoms with Crippen molar-refractivity contribution in [2.75, 3.05) is 0 Å². The van der Waals surface area contributed by atoms with E-state index >= 15 is 0 Å². The fraction of sp³-hybridized carbons (Fsp3) is 0.455. The Labute approximate surface area is 179 Å². The molecule has 0 saturated heterocycles. The molecular formula is C22H25ClFN3O3. The van der Waals surface area contributed by atoms with Crippen LogP contribution in [0, 0.1) is 12.7 Å². The van der Waals surface area contributed by atoms with Crippen molar-refractivity contribution in [1.29, 1.82) is 0 Å². The minimum atomic E-state index is -0.789. The number of aryl methyl sites for hydroxylation is 1. The second kappa shape index (κ2) is 8.13. The van der Waals surface area contributed by atoms with Gasteiger partial charge in [-0.1, -0.05) is 22.8 Å². The smallest absolute Gasteiger partial charge is 0.176 e. The van der Waals surface area contributed by atoms with Gasteiger partial charge in [0.15, 0.2) is 5.76 Å². The molecule has 6 nitrogen and oxygen atoms in total. The number of aromatic nitrogens is 3. The van der Waals surface area contributed by atoms with Gasteiger partial charge in [-0.25, -0.2) is 4.39 Å². The summed E-state index contributed by atoms with van der Waals surface area (Å²) in [6.45, 7) is 6.26. The monoisotopic (exact) mass is 433 g/mol. The summed E-state index contributed by atoms with van der Waals surface area (Å²) in [7, 11) is 0. The first-order chi connectivity index (χ1) is 14.2. The normalized spacial score (nSPS) is 14.5. The maximum atomic E-state index is 14.6. The number of nitrogens with zero attached hydrogens (tertiary/aromatic N) is 3. The van der Waals surface area contributed by atoms with E-state index in [9.17, 15) is 9.50 Å². The summed E-state index contributed by atoms with van der Waals surface area (Å²) >= 11 is 6.28. The molecule has 1 aliphatic rings. The summed E-state index contributed by atoms with van der Waals surface area (Å²) in [4.78, 5) is 0. The van der Waals surface area contributed by atoms with E-state index in [2.05, 4.69) is 10.3 Å². The van der Waals surface area contributed by atoms with Crippen LogP contribution in [0.25, 0.3) is 22.6 Å². The predicted octanol–water partition coefficient (Wildman–Crippen LogP) is 5.15. The van der Waals surface area contributed by atoms with Crippen molar-refractivity contribution in [1.82, 2.24) is 14.9 Å². The minimum absolute atomic E-state index is 0.204. The van der Waals surface area contributed by atoms with Crippen molar-refractivity contribution in [2.45, 2.75) is 64.9 Å². The second-order valence-electron chi connectivity index (χ2n) is 8.38. The van der Waals surface area contributed by atoms with E-state index < -0.39 is 11.4 Å². The Bertz CT molecular complexity index is 1030. The van der Waals surface area contributed by atoms with Crippen LogP contribution in [0.2, 0.25) is 5.02 Å². The summed E-state index contributed by atoms with van der Waals surface area (Å²) in [5.74, 6) is 0.0320. The molecule has 0 bridgehead atoms. The highest BCUT2D eigenvalue weighted by atomic mass is 35.5. The van der Waals surface area contributed by atoms with E-state index in [0.29, 0.717) is 30.0 Å². The first kappa shape index (κ1) is 21.0. The van der Waals surface area contributed by atoms with Gasteiger partial charge in [0, 0.05) is 12.2 Å². The molecule has 2 aromatic heterocycles. The van der Waals surface area contributed by atoms with E-state index in [1.54, 1.807) is 32.2 Å². The Morgan fingerprint density at radius 3 is 2.80 bits per heavy atom. The SMILES string of the molecule is Cc1c(-c2onc(-c3c(F)cccc3Cl)c2COC2CC2)cnn1CCC(C)(C)O. The van der Waals surface area contributed by atoms with Gasteiger partial charge in [-0.3, -0.25) is 4.68 Å². The molecule has 0 radical (unpaired) electrons. The average molecular weight is 434 g/mol. The van der Waals surface area contributed by atoms with Gasteiger partial charge in [0.25, 0.3) is 0 Å². The highest BCUT2D eigenvalue weighted by Crippen LogP contribution is 2.39. The lowest BCUT2D eigenvalue weighted by Gasteiger charge is -2.17. The molecule has 2 heterocycles. The van der Waals surface area contributed by atoms with Crippen molar-refractivity contribution in [3.8, 4) is 22.6 Å². The van der Waals surface area contributed by atoms with Gasteiger partial charge in [0.2, 0.25) is 0 Å². The standard InChI is InChI=1S/C22H25ClFN3O3/c1-13-15(11-25-27(13)10-9-22(2,3)28)21-16(12-29-14-7-8-14)20(26-30-21)19-17(23)5-4-6-18(19)24/h4-6,11,14,28H,7-10,12H2,1-3H3. The summed E-state index contributed by atoms with van der Waals surface area (Å²) in [5.41, 5.74) is 2.04. The first-order valence-electron chi connectivity index (χ1n) is 10.0. The molecule has 0 spiro atoms. The van der Waals surface area contributed by atoms with Crippen molar-refractivity contribution in [2.24, 2.45) is 0 Å². The third kappa shape index (κ3) is 4.43. The van der Waals surface area contributed by atoms with Crippen LogP contribution in [-0.4, -0.2) is 31.7 Å². The molecule has 160 valence electrons. The Hall–Kier alpha value is -2.22. The van der Waals surface area contributed by atoms with Crippen molar-refractivity contribution in [3.63, 3.8) is 0 Å². The zero-order valence-corrected chi connectivity index (χ0v) is 18.0. The lowest BCUT2D eigenvalue weighted by atomic mass is 10.0. The molecule has 0 unspecified atom stereocenters. The molecule has 0 aliphatic heterocycles. The number of hydrogen-bond donors (Lipinski definition) is 1. The van der Waals surface area contributed by atoms with Crippen LogP contribution in [-0.2, 0) is 17.9 Å². The molecule has 3 aromatic rings. The molecule has 0 atom stereocenters. The van der Waals surface area contributed by atoms with Crippen LogP contribution in [0.3, 0.4) is 0 Å². The quantitative estimate of drug-likeness (QED) is 0.532. The number of rotatable bonds is 8. The van der Waals surface area contributed by atoms with Crippen molar-refractivity contribution >= 4 is 11.6 Å². The van der Waals surface area contributed by atoms with E-state index in [0.717, 1.165) is 24.1 Å². The lowest BCUT2D eigenvalue weighted by molar-refractivity contribution is 0.0649. The zero-order valence-electron chi connectivity index (χ0n) is 17.3. The third-order valence-corrected chi connectivity index (χ3v) is 5.57. The van der Waals surface area contributed by atoms with Gasteiger partial charge >= 0.3 is 0 Å². The van der Waals surface area contributed by atoms with Crippen LogP contribution < -0.4 is 0 Å². The number of aliphatic hydroxyl groups is 1. The number of hydrogen-bond acceptors (Lipinski definition) is 5. The topological polar surface area (TPSA) is 73.3 Å². The van der Waals surface area contributed by atoms with Gasteiger partial charge in [0.05, 0.1) is 46.2 Å². The van der Waals surface area contributed by atoms with Gasteiger partial charge in [0.1, 0.15) is 11.5 Å².